The number of aliphatic hydroxyl groups is 1. The fourth-order valence-electron chi connectivity index (χ4n) is 1.82. The first kappa shape index (κ1) is 14.2. The van der Waals surface area contributed by atoms with Crippen LogP contribution in [0.25, 0.3) is 0 Å². The third kappa shape index (κ3) is 3.03. The summed E-state index contributed by atoms with van der Waals surface area (Å²) in [7, 11) is 1.57. The molecule has 2 nitrogen and oxygen atoms in total. The minimum absolute atomic E-state index is 0.462. The topological polar surface area (TPSA) is 29.5 Å². The van der Waals surface area contributed by atoms with E-state index < -0.39 is 6.10 Å². The third-order valence-corrected chi connectivity index (χ3v) is 3.75. The number of hydrogen-bond acceptors (Lipinski definition) is 2. The molecule has 0 bridgehead atoms. The molecule has 2 aromatic rings. The van der Waals surface area contributed by atoms with E-state index in [1.807, 2.05) is 19.1 Å². The maximum Gasteiger partial charge on any atom is 0.120 e. The van der Waals surface area contributed by atoms with Gasteiger partial charge in [-0.3, -0.25) is 0 Å². The highest BCUT2D eigenvalue weighted by Crippen LogP contribution is 2.32. The number of halogens is 2. The van der Waals surface area contributed by atoms with Crippen LogP contribution in [0.2, 0.25) is 10.0 Å². The van der Waals surface area contributed by atoms with Crippen molar-refractivity contribution in [1.82, 2.24) is 0 Å². The Hall–Kier alpha value is -1.22. The van der Waals surface area contributed by atoms with E-state index >= 15 is 0 Å². The number of ether oxygens (including phenoxy) is 1. The second-order valence-electron chi connectivity index (χ2n) is 4.30. The second-order valence-corrected chi connectivity index (χ2v) is 5.11. The number of methoxy groups -OCH3 is 1. The van der Waals surface area contributed by atoms with Crippen molar-refractivity contribution in [3.63, 3.8) is 0 Å². The Labute approximate surface area is 122 Å². The third-order valence-electron chi connectivity index (χ3n) is 3.01. The number of aliphatic hydroxyl groups excluding tert-OH is 1. The highest BCUT2D eigenvalue weighted by molar-refractivity contribution is 6.32. The molecule has 0 radical (unpaired) electrons. The minimum Gasteiger partial charge on any atom is -0.497 e. The molecule has 2 aromatic carbocycles. The summed E-state index contributed by atoms with van der Waals surface area (Å²) in [4.78, 5) is 0. The van der Waals surface area contributed by atoms with E-state index in [9.17, 15) is 5.11 Å². The molecule has 100 valence electrons. The summed E-state index contributed by atoms with van der Waals surface area (Å²) >= 11 is 12.2. The van der Waals surface area contributed by atoms with Gasteiger partial charge in [-0.2, -0.15) is 0 Å². The highest BCUT2D eigenvalue weighted by atomic mass is 35.5. The first-order valence-corrected chi connectivity index (χ1v) is 6.56. The van der Waals surface area contributed by atoms with Crippen LogP contribution < -0.4 is 4.74 Å². The minimum atomic E-state index is -0.809. The molecule has 0 saturated heterocycles. The van der Waals surface area contributed by atoms with E-state index in [-0.39, 0.29) is 0 Å². The van der Waals surface area contributed by atoms with Crippen molar-refractivity contribution >= 4 is 23.2 Å². The van der Waals surface area contributed by atoms with Gasteiger partial charge in [0.2, 0.25) is 0 Å². The largest absolute Gasteiger partial charge is 0.497 e. The number of aryl methyl sites for hydroxylation is 1. The van der Waals surface area contributed by atoms with Crippen LogP contribution in [0.5, 0.6) is 5.75 Å². The zero-order valence-corrected chi connectivity index (χ0v) is 12.2. The smallest absolute Gasteiger partial charge is 0.120 e. The van der Waals surface area contributed by atoms with E-state index in [4.69, 9.17) is 27.9 Å². The van der Waals surface area contributed by atoms with Crippen molar-refractivity contribution in [2.75, 3.05) is 7.11 Å². The van der Waals surface area contributed by atoms with Gasteiger partial charge in [-0.05, 0) is 36.2 Å². The van der Waals surface area contributed by atoms with Crippen LogP contribution in [0, 0.1) is 6.92 Å². The Balaban J connectivity index is 2.38. The molecule has 2 rings (SSSR count). The maximum atomic E-state index is 10.4. The summed E-state index contributed by atoms with van der Waals surface area (Å²) in [6, 6.07) is 10.7. The van der Waals surface area contributed by atoms with E-state index in [1.165, 1.54) is 0 Å². The van der Waals surface area contributed by atoms with Crippen molar-refractivity contribution in [2.45, 2.75) is 13.0 Å². The first-order chi connectivity index (χ1) is 9.02. The monoisotopic (exact) mass is 296 g/mol. The van der Waals surface area contributed by atoms with E-state index in [1.54, 1.807) is 31.4 Å². The molecule has 0 aliphatic carbocycles. The zero-order chi connectivity index (χ0) is 14.0. The van der Waals surface area contributed by atoms with Gasteiger partial charge in [-0.25, -0.2) is 0 Å². The van der Waals surface area contributed by atoms with E-state index in [0.29, 0.717) is 26.9 Å². The average Bonchev–Trinajstić information content (AvgIpc) is 2.41. The van der Waals surface area contributed by atoms with E-state index in [0.717, 1.165) is 5.56 Å². The average molecular weight is 297 g/mol. The quantitative estimate of drug-likeness (QED) is 0.910. The lowest BCUT2D eigenvalue weighted by atomic mass is 10.0. The SMILES string of the molecule is COc1ccc(C(O)c2ccc(C)c(Cl)c2)c(Cl)c1. The van der Waals surface area contributed by atoms with Crippen LogP contribution >= 0.6 is 23.2 Å². The molecule has 0 spiro atoms. The molecule has 4 heteroatoms. The maximum absolute atomic E-state index is 10.4. The molecule has 0 heterocycles. The van der Waals surface area contributed by atoms with Crippen molar-refractivity contribution in [2.24, 2.45) is 0 Å². The van der Waals surface area contributed by atoms with Crippen LogP contribution in [0.3, 0.4) is 0 Å². The predicted octanol–water partition coefficient (Wildman–Crippen LogP) is 4.39. The molecule has 0 saturated carbocycles. The second kappa shape index (κ2) is 5.83. The first-order valence-electron chi connectivity index (χ1n) is 5.80. The number of benzene rings is 2. The number of hydrogen-bond donors (Lipinski definition) is 1. The molecule has 1 atom stereocenters. The summed E-state index contributed by atoms with van der Waals surface area (Å²) in [6.45, 7) is 1.92. The Kier molecular flexibility index (Phi) is 4.35. The molecule has 0 aliphatic heterocycles. The van der Waals surface area contributed by atoms with Crippen LogP contribution in [0.4, 0.5) is 0 Å². The van der Waals surface area contributed by atoms with Gasteiger partial charge >= 0.3 is 0 Å². The molecule has 19 heavy (non-hydrogen) atoms. The molecule has 1 unspecified atom stereocenters. The molecule has 0 amide bonds. The van der Waals surface area contributed by atoms with Crippen molar-refractivity contribution in [1.29, 1.82) is 0 Å². The van der Waals surface area contributed by atoms with Gasteiger partial charge in [0, 0.05) is 10.6 Å². The van der Waals surface area contributed by atoms with Gasteiger partial charge in [0.25, 0.3) is 0 Å². The molecule has 0 aliphatic rings. The Morgan fingerprint density at radius 2 is 1.79 bits per heavy atom. The van der Waals surface area contributed by atoms with Crippen LogP contribution in [-0.4, -0.2) is 12.2 Å². The van der Waals surface area contributed by atoms with E-state index in [2.05, 4.69) is 0 Å². The van der Waals surface area contributed by atoms with Gasteiger partial charge in [-0.15, -0.1) is 0 Å². The Bertz CT molecular complexity index is 597. The standard InChI is InChI=1S/C15H14Cl2O2/c1-9-3-4-10(7-13(9)16)15(18)12-6-5-11(19-2)8-14(12)17/h3-8,15,18H,1-2H3. The fourth-order valence-corrected chi connectivity index (χ4v) is 2.28. The zero-order valence-electron chi connectivity index (χ0n) is 10.7. The summed E-state index contributed by atoms with van der Waals surface area (Å²) in [6.07, 6.45) is -0.809. The van der Waals surface area contributed by atoms with Crippen LogP contribution in [0.15, 0.2) is 36.4 Å². The highest BCUT2D eigenvalue weighted by Gasteiger charge is 2.15. The lowest BCUT2D eigenvalue weighted by Crippen LogP contribution is -2.01. The predicted molar refractivity (Wildman–Crippen MR) is 78.3 cm³/mol. The molecule has 0 fully saturated rings. The van der Waals surface area contributed by atoms with Gasteiger partial charge in [-0.1, -0.05) is 41.4 Å². The summed E-state index contributed by atoms with van der Waals surface area (Å²) in [5, 5.41) is 11.5. The molecule has 1 N–H and O–H groups in total. The Morgan fingerprint density at radius 1 is 1.05 bits per heavy atom. The van der Waals surface area contributed by atoms with Gasteiger partial charge in [0.05, 0.1) is 12.1 Å². The van der Waals surface area contributed by atoms with Gasteiger partial charge in [0.1, 0.15) is 11.9 Å². The Morgan fingerprint density at radius 3 is 2.37 bits per heavy atom. The molecular weight excluding hydrogens is 283 g/mol. The summed E-state index contributed by atoms with van der Waals surface area (Å²) in [5.74, 6) is 0.655. The summed E-state index contributed by atoms with van der Waals surface area (Å²) < 4.78 is 5.08. The number of rotatable bonds is 3. The normalized spacial score (nSPS) is 12.3. The van der Waals surface area contributed by atoms with Crippen molar-refractivity contribution < 1.29 is 9.84 Å². The van der Waals surface area contributed by atoms with Crippen molar-refractivity contribution in [3.8, 4) is 5.75 Å². The summed E-state index contributed by atoms with van der Waals surface area (Å²) in [5.41, 5.74) is 2.31. The lowest BCUT2D eigenvalue weighted by Gasteiger charge is -2.15. The molecule has 0 aromatic heterocycles. The van der Waals surface area contributed by atoms with Gasteiger partial charge in [0.15, 0.2) is 0 Å². The fraction of sp³-hybridized carbons (Fsp3) is 0.200. The van der Waals surface area contributed by atoms with Crippen LogP contribution in [-0.2, 0) is 0 Å². The van der Waals surface area contributed by atoms with Gasteiger partial charge < -0.3 is 9.84 Å². The molecular formula is C15H14Cl2O2. The van der Waals surface area contributed by atoms with Crippen molar-refractivity contribution in [3.05, 3.63) is 63.1 Å². The van der Waals surface area contributed by atoms with Crippen LogP contribution in [0.1, 0.15) is 22.8 Å². The lowest BCUT2D eigenvalue weighted by molar-refractivity contribution is 0.220.